The fraction of sp³-hybridized carbons (Fsp3) is 0.438. The Morgan fingerprint density at radius 3 is 2.71 bits per heavy atom. The lowest BCUT2D eigenvalue weighted by Gasteiger charge is -2.17. The van der Waals surface area contributed by atoms with Crippen LogP contribution in [0.25, 0.3) is 0 Å². The maximum Gasteiger partial charge on any atom is 0.123 e. The molecule has 1 atom stereocenters. The third-order valence-corrected chi connectivity index (χ3v) is 4.60. The molecular weight excluding hydrogens is 330 g/mol. The Morgan fingerprint density at radius 1 is 1.38 bits per heavy atom. The summed E-state index contributed by atoms with van der Waals surface area (Å²) in [4.78, 5) is 0. The molecule has 0 aliphatic carbocycles. The molecule has 21 heavy (non-hydrogen) atoms. The fourth-order valence-electron chi connectivity index (χ4n) is 2.40. The summed E-state index contributed by atoms with van der Waals surface area (Å²) in [5.74, 6) is 0.913. The van der Waals surface area contributed by atoms with E-state index in [-0.39, 0.29) is 6.04 Å². The van der Waals surface area contributed by atoms with Gasteiger partial charge in [-0.2, -0.15) is 5.10 Å². The van der Waals surface area contributed by atoms with Crippen molar-refractivity contribution in [2.75, 3.05) is 7.11 Å². The Hall–Kier alpha value is -1.33. The summed E-state index contributed by atoms with van der Waals surface area (Å²) >= 11 is 3.65. The van der Waals surface area contributed by atoms with Gasteiger partial charge >= 0.3 is 0 Å². The number of nitrogens with zero attached hydrogens (tertiary/aromatic N) is 2. The van der Waals surface area contributed by atoms with Crippen LogP contribution in [0.4, 0.5) is 0 Å². The van der Waals surface area contributed by atoms with Crippen molar-refractivity contribution in [1.82, 2.24) is 15.1 Å². The molecule has 2 aromatic rings. The van der Waals surface area contributed by atoms with Gasteiger partial charge in [-0.05, 0) is 35.3 Å². The lowest BCUT2D eigenvalue weighted by Crippen LogP contribution is -2.20. The molecule has 0 saturated carbocycles. The molecule has 114 valence electrons. The van der Waals surface area contributed by atoms with Crippen molar-refractivity contribution >= 4 is 15.9 Å². The van der Waals surface area contributed by atoms with Crippen molar-refractivity contribution in [2.45, 2.75) is 32.9 Å². The lowest BCUT2D eigenvalue weighted by molar-refractivity contribution is 0.401. The van der Waals surface area contributed by atoms with Gasteiger partial charge in [-0.1, -0.05) is 25.1 Å². The van der Waals surface area contributed by atoms with E-state index in [1.54, 1.807) is 7.11 Å². The standard InChI is InChI=1S/C16H22BrN3O/c1-5-13-16(17)14(20(3)19-13)10-18-11(2)12-8-6-7-9-15(12)21-4/h6-9,11,18H,5,10H2,1-4H3/t11-/m1/s1. The first kappa shape index (κ1) is 16.0. The van der Waals surface area contributed by atoms with E-state index in [2.05, 4.69) is 46.3 Å². The quantitative estimate of drug-likeness (QED) is 0.863. The second-order valence-electron chi connectivity index (χ2n) is 5.03. The number of methoxy groups -OCH3 is 1. The van der Waals surface area contributed by atoms with Crippen molar-refractivity contribution in [3.63, 3.8) is 0 Å². The number of benzene rings is 1. The van der Waals surface area contributed by atoms with Crippen LogP contribution in [0, 0.1) is 0 Å². The average Bonchev–Trinajstić information content (AvgIpc) is 2.78. The van der Waals surface area contributed by atoms with Crippen LogP contribution in [0.2, 0.25) is 0 Å². The van der Waals surface area contributed by atoms with Crippen molar-refractivity contribution in [3.05, 3.63) is 45.7 Å². The van der Waals surface area contributed by atoms with Gasteiger partial charge < -0.3 is 10.1 Å². The molecule has 0 aliphatic heterocycles. The van der Waals surface area contributed by atoms with E-state index in [0.29, 0.717) is 0 Å². The molecule has 0 spiro atoms. The van der Waals surface area contributed by atoms with Crippen molar-refractivity contribution in [1.29, 1.82) is 0 Å². The van der Waals surface area contributed by atoms with Gasteiger partial charge in [0.2, 0.25) is 0 Å². The summed E-state index contributed by atoms with van der Waals surface area (Å²) in [6.45, 7) is 5.01. The minimum absolute atomic E-state index is 0.202. The van der Waals surface area contributed by atoms with Crippen molar-refractivity contribution < 1.29 is 4.74 Å². The van der Waals surface area contributed by atoms with E-state index in [0.717, 1.165) is 40.1 Å². The van der Waals surface area contributed by atoms with E-state index in [1.807, 2.05) is 29.9 Å². The Morgan fingerprint density at radius 2 is 2.10 bits per heavy atom. The van der Waals surface area contributed by atoms with E-state index in [9.17, 15) is 0 Å². The van der Waals surface area contributed by atoms with E-state index >= 15 is 0 Å². The summed E-state index contributed by atoms with van der Waals surface area (Å²) in [5.41, 5.74) is 3.42. The molecule has 0 aliphatic rings. The van der Waals surface area contributed by atoms with Gasteiger partial charge in [-0.3, -0.25) is 4.68 Å². The van der Waals surface area contributed by atoms with Gasteiger partial charge in [0.05, 0.1) is 23.0 Å². The van der Waals surface area contributed by atoms with Crippen LogP contribution in [-0.2, 0) is 20.0 Å². The smallest absolute Gasteiger partial charge is 0.123 e. The van der Waals surface area contributed by atoms with Gasteiger partial charge in [-0.25, -0.2) is 0 Å². The number of aryl methyl sites for hydroxylation is 2. The van der Waals surface area contributed by atoms with E-state index in [1.165, 1.54) is 0 Å². The highest BCUT2D eigenvalue weighted by Gasteiger charge is 2.15. The molecular formula is C16H22BrN3O. The van der Waals surface area contributed by atoms with Crippen LogP contribution in [0.5, 0.6) is 5.75 Å². The van der Waals surface area contributed by atoms with Gasteiger partial charge in [0, 0.05) is 25.2 Å². The molecule has 0 saturated heterocycles. The molecule has 1 aromatic heterocycles. The summed E-state index contributed by atoms with van der Waals surface area (Å²) in [7, 11) is 3.69. The molecule has 5 heteroatoms. The normalized spacial score (nSPS) is 12.4. The molecule has 2 rings (SSSR count). The zero-order chi connectivity index (χ0) is 15.4. The SMILES string of the molecule is CCc1nn(C)c(CN[C@H](C)c2ccccc2OC)c1Br. The van der Waals surface area contributed by atoms with Crippen LogP contribution < -0.4 is 10.1 Å². The zero-order valence-electron chi connectivity index (χ0n) is 13.0. The predicted octanol–water partition coefficient (Wildman–Crippen LogP) is 3.60. The Labute approximate surface area is 134 Å². The van der Waals surface area contributed by atoms with Gasteiger partial charge in [0.15, 0.2) is 0 Å². The van der Waals surface area contributed by atoms with E-state index in [4.69, 9.17) is 4.74 Å². The summed E-state index contributed by atoms with van der Waals surface area (Å²) in [6.07, 6.45) is 0.927. The molecule has 0 amide bonds. The minimum atomic E-state index is 0.202. The highest BCUT2D eigenvalue weighted by Crippen LogP contribution is 2.26. The number of halogens is 1. The molecule has 4 nitrogen and oxygen atoms in total. The second kappa shape index (κ2) is 7.09. The number of rotatable bonds is 6. The molecule has 0 fully saturated rings. The Balaban J connectivity index is 2.11. The van der Waals surface area contributed by atoms with Crippen LogP contribution in [0.3, 0.4) is 0 Å². The molecule has 0 bridgehead atoms. The topological polar surface area (TPSA) is 39.1 Å². The molecule has 0 unspecified atom stereocenters. The number of aromatic nitrogens is 2. The molecule has 1 heterocycles. The first-order valence-corrected chi connectivity index (χ1v) is 7.94. The first-order valence-electron chi connectivity index (χ1n) is 7.15. The third kappa shape index (κ3) is 3.47. The molecule has 1 aromatic carbocycles. The monoisotopic (exact) mass is 351 g/mol. The van der Waals surface area contributed by atoms with Gasteiger partial charge in [0.25, 0.3) is 0 Å². The highest BCUT2D eigenvalue weighted by atomic mass is 79.9. The number of hydrogen-bond donors (Lipinski definition) is 1. The molecule has 0 radical (unpaired) electrons. The third-order valence-electron chi connectivity index (χ3n) is 3.68. The first-order chi connectivity index (χ1) is 10.1. The largest absolute Gasteiger partial charge is 0.496 e. The van der Waals surface area contributed by atoms with Crippen LogP contribution in [-0.4, -0.2) is 16.9 Å². The van der Waals surface area contributed by atoms with Gasteiger partial charge in [-0.15, -0.1) is 0 Å². The second-order valence-corrected chi connectivity index (χ2v) is 5.82. The summed E-state index contributed by atoms with van der Waals surface area (Å²) in [6, 6.07) is 8.30. The summed E-state index contributed by atoms with van der Waals surface area (Å²) < 4.78 is 8.46. The lowest BCUT2D eigenvalue weighted by atomic mass is 10.1. The number of hydrogen-bond acceptors (Lipinski definition) is 3. The Bertz CT molecular complexity index is 610. The van der Waals surface area contributed by atoms with Crippen molar-refractivity contribution in [3.8, 4) is 5.75 Å². The minimum Gasteiger partial charge on any atom is -0.496 e. The number of ether oxygens (including phenoxy) is 1. The van der Waals surface area contributed by atoms with Crippen LogP contribution in [0.1, 0.15) is 36.8 Å². The highest BCUT2D eigenvalue weighted by molar-refractivity contribution is 9.10. The maximum absolute atomic E-state index is 5.42. The summed E-state index contributed by atoms with van der Waals surface area (Å²) in [5, 5.41) is 8.06. The van der Waals surface area contributed by atoms with Crippen LogP contribution >= 0.6 is 15.9 Å². The Kier molecular flexibility index (Phi) is 5.42. The number of para-hydroxylation sites is 1. The fourth-order valence-corrected chi connectivity index (χ4v) is 3.15. The van der Waals surface area contributed by atoms with Crippen molar-refractivity contribution in [2.24, 2.45) is 7.05 Å². The zero-order valence-corrected chi connectivity index (χ0v) is 14.6. The maximum atomic E-state index is 5.42. The molecule has 1 N–H and O–H groups in total. The van der Waals surface area contributed by atoms with Crippen LogP contribution in [0.15, 0.2) is 28.7 Å². The predicted molar refractivity (Wildman–Crippen MR) is 88.5 cm³/mol. The van der Waals surface area contributed by atoms with E-state index < -0.39 is 0 Å². The average molecular weight is 352 g/mol. The van der Waals surface area contributed by atoms with Gasteiger partial charge in [0.1, 0.15) is 5.75 Å². The number of nitrogens with one attached hydrogen (secondary N) is 1.